The van der Waals surface area contributed by atoms with Crippen molar-refractivity contribution in [1.29, 1.82) is 0 Å². The first-order chi connectivity index (χ1) is 12.2. The Bertz CT molecular complexity index is 706. The van der Waals surface area contributed by atoms with E-state index in [9.17, 15) is 9.90 Å². The fraction of sp³-hybridized carbons (Fsp3) is 0.333. The van der Waals surface area contributed by atoms with Gasteiger partial charge in [0.05, 0.1) is 0 Å². The van der Waals surface area contributed by atoms with E-state index >= 15 is 0 Å². The molecule has 7 heteroatoms. The van der Waals surface area contributed by atoms with Crippen molar-refractivity contribution < 1.29 is 19.4 Å². The van der Waals surface area contributed by atoms with E-state index in [-0.39, 0.29) is 0 Å². The molecule has 0 bridgehead atoms. The van der Waals surface area contributed by atoms with Gasteiger partial charge in [0.2, 0.25) is 5.88 Å². The lowest BCUT2D eigenvalue weighted by molar-refractivity contribution is -0.00871. The number of thioether (sulfide) groups is 1. The number of aliphatic hydroxyl groups excluding tert-OH is 1. The Labute approximate surface area is 150 Å². The number of pyridine rings is 1. The minimum Gasteiger partial charge on any atom is -0.439 e. The van der Waals surface area contributed by atoms with Gasteiger partial charge in [0.15, 0.2) is 0 Å². The van der Waals surface area contributed by atoms with Crippen LogP contribution in [-0.2, 0) is 0 Å². The standard InChI is InChI=1S/C18H20N2O4S/c1-25-15-9-10-16(19-12-15)23-13-5-7-14(8-6-13)24-18(22)20-11-3-2-4-17(20)21/h5-10,12,17,21H,2-4,11H2,1H3. The molecule has 2 aromatic rings. The zero-order valence-corrected chi connectivity index (χ0v) is 14.7. The molecule has 1 fully saturated rings. The number of benzene rings is 1. The first-order valence-electron chi connectivity index (χ1n) is 8.10. The average Bonchev–Trinajstić information content (AvgIpc) is 2.64. The quantitative estimate of drug-likeness (QED) is 0.834. The summed E-state index contributed by atoms with van der Waals surface area (Å²) >= 11 is 1.61. The Morgan fingerprint density at radius 3 is 2.60 bits per heavy atom. The lowest BCUT2D eigenvalue weighted by Gasteiger charge is -2.30. The molecule has 1 amide bonds. The summed E-state index contributed by atoms with van der Waals surface area (Å²) in [5.41, 5.74) is 0. The molecule has 1 saturated heterocycles. The predicted octanol–water partition coefficient (Wildman–Crippen LogP) is 3.90. The van der Waals surface area contributed by atoms with Gasteiger partial charge in [0, 0.05) is 23.7 Å². The summed E-state index contributed by atoms with van der Waals surface area (Å²) < 4.78 is 11.0. The third-order valence-electron chi connectivity index (χ3n) is 3.90. The number of hydrogen-bond acceptors (Lipinski definition) is 6. The van der Waals surface area contributed by atoms with E-state index in [1.807, 2.05) is 12.3 Å². The van der Waals surface area contributed by atoms with Crippen molar-refractivity contribution in [2.24, 2.45) is 0 Å². The third-order valence-corrected chi connectivity index (χ3v) is 4.61. The van der Waals surface area contributed by atoms with Crippen LogP contribution in [0.15, 0.2) is 47.5 Å². The largest absolute Gasteiger partial charge is 0.439 e. The molecule has 0 spiro atoms. The van der Waals surface area contributed by atoms with Crippen molar-refractivity contribution in [3.05, 3.63) is 42.6 Å². The molecule has 1 N–H and O–H groups in total. The smallest absolute Gasteiger partial charge is 0.417 e. The summed E-state index contributed by atoms with van der Waals surface area (Å²) in [5, 5.41) is 9.86. The first-order valence-corrected chi connectivity index (χ1v) is 9.32. The highest BCUT2D eigenvalue weighted by Gasteiger charge is 2.26. The zero-order valence-electron chi connectivity index (χ0n) is 13.9. The summed E-state index contributed by atoms with van der Waals surface area (Å²) in [6.07, 6.45) is 4.82. The first kappa shape index (κ1) is 17.6. The van der Waals surface area contributed by atoms with E-state index in [1.165, 1.54) is 4.90 Å². The van der Waals surface area contributed by atoms with E-state index in [2.05, 4.69) is 4.98 Å². The molecule has 0 radical (unpaired) electrons. The van der Waals surface area contributed by atoms with Crippen LogP contribution in [0.2, 0.25) is 0 Å². The van der Waals surface area contributed by atoms with E-state index in [4.69, 9.17) is 9.47 Å². The number of likely N-dealkylation sites (tertiary alicyclic amines) is 1. The van der Waals surface area contributed by atoms with Crippen LogP contribution in [0.5, 0.6) is 17.4 Å². The van der Waals surface area contributed by atoms with Crippen molar-refractivity contribution in [3.63, 3.8) is 0 Å². The number of aromatic nitrogens is 1. The number of amides is 1. The van der Waals surface area contributed by atoms with Gasteiger partial charge in [0.1, 0.15) is 17.7 Å². The maximum Gasteiger partial charge on any atom is 0.417 e. The monoisotopic (exact) mass is 360 g/mol. The number of aliphatic hydroxyl groups is 1. The Morgan fingerprint density at radius 2 is 1.96 bits per heavy atom. The fourth-order valence-electron chi connectivity index (χ4n) is 2.53. The van der Waals surface area contributed by atoms with Crippen molar-refractivity contribution in [2.75, 3.05) is 12.8 Å². The van der Waals surface area contributed by atoms with Crippen molar-refractivity contribution in [2.45, 2.75) is 30.4 Å². The van der Waals surface area contributed by atoms with Gasteiger partial charge in [-0.25, -0.2) is 9.78 Å². The Morgan fingerprint density at radius 1 is 1.20 bits per heavy atom. The molecule has 6 nitrogen and oxygen atoms in total. The number of ether oxygens (including phenoxy) is 2. The molecule has 25 heavy (non-hydrogen) atoms. The summed E-state index contributed by atoms with van der Waals surface area (Å²) in [4.78, 5) is 18.8. The normalized spacial score (nSPS) is 17.2. The van der Waals surface area contributed by atoms with Crippen LogP contribution in [0.4, 0.5) is 4.79 Å². The zero-order chi connectivity index (χ0) is 17.6. The number of nitrogens with zero attached hydrogens (tertiary/aromatic N) is 2. The Hall–Kier alpha value is -2.25. The van der Waals surface area contributed by atoms with E-state index in [1.54, 1.807) is 48.3 Å². The number of rotatable bonds is 4. The molecule has 2 heterocycles. The topological polar surface area (TPSA) is 71.9 Å². The third kappa shape index (κ3) is 4.64. The van der Waals surface area contributed by atoms with Gasteiger partial charge in [-0.2, -0.15) is 0 Å². The number of carbonyl (C=O) groups is 1. The molecule has 0 saturated carbocycles. The maximum atomic E-state index is 12.1. The van der Waals surface area contributed by atoms with Crippen LogP contribution in [0.3, 0.4) is 0 Å². The van der Waals surface area contributed by atoms with Crippen LogP contribution in [0.25, 0.3) is 0 Å². The van der Waals surface area contributed by atoms with Crippen LogP contribution in [0, 0.1) is 0 Å². The highest BCUT2D eigenvalue weighted by Crippen LogP contribution is 2.25. The SMILES string of the molecule is CSc1ccc(Oc2ccc(OC(=O)N3CCCCC3O)cc2)nc1. The molecule has 1 unspecified atom stereocenters. The van der Waals surface area contributed by atoms with Crippen molar-refractivity contribution in [3.8, 4) is 17.4 Å². The molecule has 1 aromatic carbocycles. The Balaban J connectivity index is 1.58. The second-order valence-corrected chi connectivity index (χ2v) is 6.53. The van der Waals surface area contributed by atoms with Crippen molar-refractivity contribution >= 4 is 17.9 Å². The second kappa shape index (κ2) is 8.22. The van der Waals surface area contributed by atoms with E-state index in [0.717, 1.165) is 17.7 Å². The van der Waals surface area contributed by atoms with Gasteiger partial charge in [-0.1, -0.05) is 0 Å². The summed E-state index contributed by atoms with van der Waals surface area (Å²) in [6, 6.07) is 10.5. The minimum absolute atomic E-state index is 0.404. The van der Waals surface area contributed by atoms with Gasteiger partial charge >= 0.3 is 6.09 Å². The number of carbonyl (C=O) groups excluding carboxylic acids is 1. The lowest BCUT2D eigenvalue weighted by Crippen LogP contribution is -2.45. The predicted molar refractivity (Wildman–Crippen MR) is 95.1 cm³/mol. The fourth-order valence-corrected chi connectivity index (χ4v) is 2.89. The number of hydrogen-bond donors (Lipinski definition) is 1. The molecule has 1 aromatic heterocycles. The van der Waals surface area contributed by atoms with Crippen LogP contribution in [-0.4, -0.2) is 40.1 Å². The molecular formula is C18H20N2O4S. The van der Waals surface area contributed by atoms with E-state index < -0.39 is 12.3 Å². The average molecular weight is 360 g/mol. The van der Waals surface area contributed by atoms with Crippen LogP contribution < -0.4 is 9.47 Å². The van der Waals surface area contributed by atoms with E-state index in [0.29, 0.717) is 30.3 Å². The molecule has 0 aliphatic carbocycles. The van der Waals surface area contributed by atoms with Gasteiger partial charge in [-0.15, -0.1) is 11.8 Å². The number of piperidine rings is 1. The maximum absolute atomic E-state index is 12.1. The van der Waals surface area contributed by atoms with Crippen molar-refractivity contribution in [1.82, 2.24) is 9.88 Å². The van der Waals surface area contributed by atoms with Crippen LogP contribution >= 0.6 is 11.8 Å². The molecule has 3 rings (SSSR count). The van der Waals surface area contributed by atoms with Crippen LogP contribution in [0.1, 0.15) is 19.3 Å². The lowest BCUT2D eigenvalue weighted by atomic mass is 10.1. The summed E-state index contributed by atoms with van der Waals surface area (Å²) in [7, 11) is 0. The molecule has 1 aliphatic rings. The van der Waals surface area contributed by atoms with Gasteiger partial charge in [-0.3, -0.25) is 4.90 Å². The Kier molecular flexibility index (Phi) is 5.78. The molecule has 1 aliphatic heterocycles. The highest BCUT2D eigenvalue weighted by atomic mass is 32.2. The molecule has 132 valence electrons. The summed E-state index contributed by atoms with van der Waals surface area (Å²) in [6.45, 7) is 0.513. The van der Waals surface area contributed by atoms with Gasteiger partial charge < -0.3 is 14.6 Å². The molecular weight excluding hydrogens is 340 g/mol. The highest BCUT2D eigenvalue weighted by molar-refractivity contribution is 7.98. The van der Waals surface area contributed by atoms with Gasteiger partial charge in [-0.05, 0) is 55.9 Å². The molecule has 1 atom stereocenters. The summed E-state index contributed by atoms with van der Waals surface area (Å²) in [5.74, 6) is 1.50. The second-order valence-electron chi connectivity index (χ2n) is 5.65. The van der Waals surface area contributed by atoms with Gasteiger partial charge in [0.25, 0.3) is 0 Å². The minimum atomic E-state index is -0.765.